The van der Waals surface area contributed by atoms with Gasteiger partial charge in [-0.25, -0.2) is 0 Å². The van der Waals surface area contributed by atoms with Crippen molar-refractivity contribution < 1.29 is 13.9 Å². The van der Waals surface area contributed by atoms with Gasteiger partial charge in [0.2, 0.25) is 5.91 Å². The molecule has 1 aromatic carbocycles. The van der Waals surface area contributed by atoms with Crippen LogP contribution in [0, 0.1) is 0 Å². The highest BCUT2D eigenvalue weighted by Gasteiger charge is 2.05. The summed E-state index contributed by atoms with van der Waals surface area (Å²) in [6.07, 6.45) is 1.59. The van der Waals surface area contributed by atoms with Crippen molar-refractivity contribution in [2.45, 2.75) is 6.54 Å². The molecule has 1 amide bonds. The first-order valence-electron chi connectivity index (χ1n) is 6.05. The Morgan fingerprint density at radius 1 is 1.40 bits per heavy atom. The molecular weight excluding hydrogens is 280 g/mol. The molecule has 6 heteroatoms. The van der Waals surface area contributed by atoms with Gasteiger partial charge in [0.15, 0.2) is 0 Å². The third-order valence-corrected chi connectivity index (χ3v) is 2.90. The van der Waals surface area contributed by atoms with Crippen LogP contribution in [0.2, 0.25) is 5.02 Å². The number of ether oxygens (including phenoxy) is 1. The number of rotatable bonds is 6. The van der Waals surface area contributed by atoms with Gasteiger partial charge in [0.25, 0.3) is 0 Å². The van der Waals surface area contributed by atoms with Crippen LogP contribution in [-0.4, -0.2) is 19.6 Å². The molecule has 1 heterocycles. The van der Waals surface area contributed by atoms with Crippen LogP contribution in [0.15, 0.2) is 41.0 Å². The minimum absolute atomic E-state index is 0.155. The number of amides is 1. The van der Waals surface area contributed by atoms with Gasteiger partial charge in [0, 0.05) is 5.69 Å². The zero-order valence-corrected chi connectivity index (χ0v) is 11.7. The third kappa shape index (κ3) is 4.01. The second-order valence-electron chi connectivity index (χ2n) is 4.08. The summed E-state index contributed by atoms with van der Waals surface area (Å²) in [5.41, 5.74) is 0.626. The molecule has 0 aliphatic carbocycles. The minimum Gasteiger partial charge on any atom is -0.495 e. The summed E-state index contributed by atoms with van der Waals surface area (Å²) >= 11 is 5.98. The first-order chi connectivity index (χ1) is 9.69. The van der Waals surface area contributed by atoms with Gasteiger partial charge in [0.05, 0.1) is 31.5 Å². The number of carbonyl (C=O) groups is 1. The van der Waals surface area contributed by atoms with Crippen molar-refractivity contribution in [1.29, 1.82) is 0 Å². The van der Waals surface area contributed by atoms with E-state index in [1.807, 2.05) is 6.07 Å². The number of carbonyl (C=O) groups excluding carboxylic acids is 1. The van der Waals surface area contributed by atoms with E-state index < -0.39 is 0 Å². The Morgan fingerprint density at radius 2 is 2.25 bits per heavy atom. The Kier molecular flexibility index (Phi) is 5.03. The molecule has 2 aromatic rings. The van der Waals surface area contributed by atoms with Gasteiger partial charge in [0.1, 0.15) is 11.5 Å². The lowest BCUT2D eigenvalue weighted by Crippen LogP contribution is -2.27. The number of hydrogen-bond donors (Lipinski definition) is 2. The molecule has 0 aliphatic heterocycles. The summed E-state index contributed by atoms with van der Waals surface area (Å²) in [6.45, 7) is 0.689. The molecule has 1 aromatic heterocycles. The van der Waals surface area contributed by atoms with Crippen LogP contribution in [0.4, 0.5) is 5.69 Å². The van der Waals surface area contributed by atoms with Crippen molar-refractivity contribution in [3.8, 4) is 5.75 Å². The van der Waals surface area contributed by atoms with Crippen molar-refractivity contribution in [1.82, 2.24) is 5.32 Å². The third-order valence-electron chi connectivity index (χ3n) is 2.60. The van der Waals surface area contributed by atoms with Gasteiger partial charge in [-0.05, 0) is 30.3 Å². The van der Waals surface area contributed by atoms with Crippen molar-refractivity contribution in [2.75, 3.05) is 19.0 Å². The standard InChI is InChI=1S/C14H15ClN2O3/c1-19-13-5-4-10(7-12(13)15)17-14(18)9-16-8-11-3-2-6-20-11/h2-7,16H,8-9H2,1H3,(H,17,18). The van der Waals surface area contributed by atoms with Crippen LogP contribution < -0.4 is 15.4 Å². The lowest BCUT2D eigenvalue weighted by molar-refractivity contribution is -0.115. The maximum Gasteiger partial charge on any atom is 0.238 e. The molecule has 0 spiro atoms. The first-order valence-corrected chi connectivity index (χ1v) is 6.43. The van der Waals surface area contributed by atoms with Gasteiger partial charge < -0.3 is 19.8 Å². The highest BCUT2D eigenvalue weighted by molar-refractivity contribution is 6.32. The quantitative estimate of drug-likeness (QED) is 0.860. The smallest absolute Gasteiger partial charge is 0.238 e. The minimum atomic E-state index is -0.155. The van der Waals surface area contributed by atoms with Crippen LogP contribution in [0.3, 0.4) is 0 Å². The molecule has 0 fully saturated rings. The summed E-state index contributed by atoms with van der Waals surface area (Å²) < 4.78 is 10.2. The van der Waals surface area contributed by atoms with E-state index in [2.05, 4.69) is 10.6 Å². The molecule has 2 rings (SSSR count). The van der Waals surface area contributed by atoms with Crippen LogP contribution in [0.25, 0.3) is 0 Å². The van der Waals surface area contributed by atoms with Gasteiger partial charge in [-0.2, -0.15) is 0 Å². The molecule has 0 saturated heterocycles. The van der Waals surface area contributed by atoms with E-state index in [1.165, 1.54) is 7.11 Å². The lowest BCUT2D eigenvalue weighted by atomic mass is 10.3. The Labute approximate surface area is 121 Å². The molecule has 2 N–H and O–H groups in total. The SMILES string of the molecule is COc1ccc(NC(=O)CNCc2ccco2)cc1Cl. The molecule has 0 atom stereocenters. The molecule has 106 valence electrons. The summed E-state index contributed by atoms with van der Waals surface area (Å²) in [6, 6.07) is 8.72. The maximum absolute atomic E-state index is 11.7. The molecule has 0 aliphatic rings. The molecule has 20 heavy (non-hydrogen) atoms. The fourth-order valence-corrected chi connectivity index (χ4v) is 1.92. The van der Waals surface area contributed by atoms with Crippen molar-refractivity contribution in [3.05, 3.63) is 47.4 Å². The number of nitrogens with one attached hydrogen (secondary N) is 2. The van der Waals surface area contributed by atoms with Crippen LogP contribution in [0.1, 0.15) is 5.76 Å². The second-order valence-corrected chi connectivity index (χ2v) is 4.49. The lowest BCUT2D eigenvalue weighted by Gasteiger charge is -2.08. The van der Waals surface area contributed by atoms with E-state index in [1.54, 1.807) is 30.5 Å². The predicted molar refractivity (Wildman–Crippen MR) is 77.0 cm³/mol. The average molecular weight is 295 g/mol. The van der Waals surface area contributed by atoms with E-state index >= 15 is 0 Å². The van der Waals surface area contributed by atoms with Crippen molar-refractivity contribution >= 4 is 23.2 Å². The summed E-state index contributed by atoms with van der Waals surface area (Å²) in [4.78, 5) is 11.7. The van der Waals surface area contributed by atoms with Gasteiger partial charge in [-0.3, -0.25) is 4.79 Å². The van der Waals surface area contributed by atoms with E-state index in [0.717, 1.165) is 5.76 Å². The highest BCUT2D eigenvalue weighted by Crippen LogP contribution is 2.27. The number of halogens is 1. The fourth-order valence-electron chi connectivity index (χ4n) is 1.66. The second kappa shape index (κ2) is 6.98. The average Bonchev–Trinajstić information content (AvgIpc) is 2.92. The Bertz CT molecular complexity index is 570. The number of furan rings is 1. The van der Waals surface area contributed by atoms with Crippen LogP contribution in [0.5, 0.6) is 5.75 Å². The zero-order chi connectivity index (χ0) is 14.4. The van der Waals surface area contributed by atoms with Crippen molar-refractivity contribution in [2.24, 2.45) is 0 Å². The maximum atomic E-state index is 11.7. The Morgan fingerprint density at radius 3 is 2.90 bits per heavy atom. The van der Waals surface area contributed by atoms with Crippen molar-refractivity contribution in [3.63, 3.8) is 0 Å². The number of methoxy groups -OCH3 is 1. The summed E-state index contributed by atoms with van der Waals surface area (Å²) in [5.74, 6) is 1.20. The Balaban J connectivity index is 1.80. The molecule has 5 nitrogen and oxygen atoms in total. The van der Waals surface area contributed by atoms with E-state index in [0.29, 0.717) is 23.0 Å². The molecular formula is C14H15ClN2O3. The first kappa shape index (κ1) is 14.4. The predicted octanol–water partition coefficient (Wildman–Crippen LogP) is 2.67. The van der Waals surface area contributed by atoms with E-state index in [-0.39, 0.29) is 12.5 Å². The van der Waals surface area contributed by atoms with Crippen LogP contribution in [-0.2, 0) is 11.3 Å². The van der Waals surface area contributed by atoms with Gasteiger partial charge in [-0.15, -0.1) is 0 Å². The van der Waals surface area contributed by atoms with E-state index in [9.17, 15) is 4.79 Å². The van der Waals surface area contributed by atoms with Crippen LogP contribution >= 0.6 is 11.6 Å². The topological polar surface area (TPSA) is 63.5 Å². The summed E-state index contributed by atoms with van der Waals surface area (Å²) in [5, 5.41) is 6.18. The number of hydrogen-bond acceptors (Lipinski definition) is 4. The zero-order valence-electron chi connectivity index (χ0n) is 11.0. The van der Waals surface area contributed by atoms with Gasteiger partial charge >= 0.3 is 0 Å². The molecule has 0 bridgehead atoms. The molecule has 0 radical (unpaired) electrons. The largest absolute Gasteiger partial charge is 0.495 e. The fraction of sp³-hybridized carbons (Fsp3) is 0.214. The number of benzene rings is 1. The molecule has 0 saturated carbocycles. The highest BCUT2D eigenvalue weighted by atomic mass is 35.5. The van der Waals surface area contributed by atoms with E-state index in [4.69, 9.17) is 20.8 Å². The Hall–Kier alpha value is -1.98. The van der Waals surface area contributed by atoms with Gasteiger partial charge in [-0.1, -0.05) is 11.6 Å². The summed E-state index contributed by atoms with van der Waals surface area (Å²) in [7, 11) is 1.54. The monoisotopic (exact) mass is 294 g/mol. The molecule has 0 unspecified atom stereocenters. The normalized spacial score (nSPS) is 10.3. The number of anilines is 1.